The van der Waals surface area contributed by atoms with Gasteiger partial charge < -0.3 is 14.8 Å². The SMILES string of the molecule is CC(C)OCCCNC(=O)COc1ccc(S(=O)(=O)N2CCCC2)cc1Cl. The fourth-order valence-corrected chi connectivity index (χ4v) is 4.49. The summed E-state index contributed by atoms with van der Waals surface area (Å²) < 4.78 is 37.3. The number of rotatable bonds is 10. The number of amides is 1. The van der Waals surface area contributed by atoms with Crippen LogP contribution in [0.2, 0.25) is 5.02 Å². The van der Waals surface area contributed by atoms with Crippen molar-refractivity contribution in [1.29, 1.82) is 0 Å². The van der Waals surface area contributed by atoms with Crippen LogP contribution in [0.1, 0.15) is 33.1 Å². The van der Waals surface area contributed by atoms with E-state index in [9.17, 15) is 13.2 Å². The van der Waals surface area contributed by atoms with Gasteiger partial charge in [-0.1, -0.05) is 11.6 Å². The summed E-state index contributed by atoms with van der Waals surface area (Å²) >= 11 is 6.14. The van der Waals surface area contributed by atoms with Gasteiger partial charge in [0, 0.05) is 26.2 Å². The maximum Gasteiger partial charge on any atom is 0.257 e. The van der Waals surface area contributed by atoms with Gasteiger partial charge in [0.25, 0.3) is 5.91 Å². The Bertz CT molecular complexity index is 733. The second-order valence-corrected chi connectivity index (χ2v) is 8.96. The number of ether oxygens (including phenoxy) is 2. The normalized spacial score (nSPS) is 15.3. The Morgan fingerprint density at radius 2 is 2.00 bits per heavy atom. The second-order valence-electron chi connectivity index (χ2n) is 6.62. The summed E-state index contributed by atoms with van der Waals surface area (Å²) in [4.78, 5) is 11.9. The molecule has 27 heavy (non-hydrogen) atoms. The van der Waals surface area contributed by atoms with Crippen LogP contribution in [0, 0.1) is 0 Å². The number of nitrogens with zero attached hydrogens (tertiary/aromatic N) is 1. The van der Waals surface area contributed by atoms with Crippen LogP contribution in [-0.2, 0) is 19.6 Å². The van der Waals surface area contributed by atoms with Gasteiger partial charge in [-0.2, -0.15) is 4.31 Å². The molecule has 0 aliphatic carbocycles. The highest BCUT2D eigenvalue weighted by Gasteiger charge is 2.27. The second kappa shape index (κ2) is 10.3. The molecule has 1 aliphatic rings. The lowest BCUT2D eigenvalue weighted by Gasteiger charge is -2.16. The van der Waals surface area contributed by atoms with Crippen LogP contribution in [0.15, 0.2) is 23.1 Å². The zero-order valence-corrected chi connectivity index (χ0v) is 17.3. The highest BCUT2D eigenvalue weighted by Crippen LogP contribution is 2.29. The molecule has 0 aromatic heterocycles. The van der Waals surface area contributed by atoms with Gasteiger partial charge in [-0.25, -0.2) is 8.42 Å². The molecule has 1 aromatic rings. The largest absolute Gasteiger partial charge is 0.482 e. The van der Waals surface area contributed by atoms with E-state index >= 15 is 0 Å². The third-order valence-corrected chi connectivity index (χ3v) is 6.25. The first-order valence-electron chi connectivity index (χ1n) is 9.11. The molecule has 2 rings (SSSR count). The summed E-state index contributed by atoms with van der Waals surface area (Å²) in [5.41, 5.74) is 0. The summed E-state index contributed by atoms with van der Waals surface area (Å²) in [6, 6.07) is 4.30. The van der Waals surface area contributed by atoms with Crippen molar-refractivity contribution in [2.24, 2.45) is 0 Å². The molecule has 1 saturated heterocycles. The molecule has 0 bridgehead atoms. The number of sulfonamides is 1. The lowest BCUT2D eigenvalue weighted by molar-refractivity contribution is -0.123. The van der Waals surface area contributed by atoms with E-state index in [2.05, 4.69) is 5.32 Å². The van der Waals surface area contributed by atoms with E-state index < -0.39 is 10.0 Å². The predicted octanol–water partition coefficient (Wildman–Crippen LogP) is 2.43. The minimum atomic E-state index is -3.53. The van der Waals surface area contributed by atoms with Gasteiger partial charge in [-0.05, 0) is 51.3 Å². The molecule has 0 saturated carbocycles. The van der Waals surface area contributed by atoms with E-state index in [1.54, 1.807) is 0 Å². The summed E-state index contributed by atoms with van der Waals surface area (Å²) in [6.45, 7) is 5.85. The predicted molar refractivity (Wildman–Crippen MR) is 104 cm³/mol. The lowest BCUT2D eigenvalue weighted by atomic mass is 10.3. The third kappa shape index (κ3) is 6.64. The van der Waals surface area contributed by atoms with E-state index in [4.69, 9.17) is 21.1 Å². The highest BCUT2D eigenvalue weighted by atomic mass is 35.5. The first-order chi connectivity index (χ1) is 12.8. The minimum Gasteiger partial charge on any atom is -0.482 e. The molecule has 0 spiro atoms. The number of carbonyl (C=O) groups is 1. The lowest BCUT2D eigenvalue weighted by Crippen LogP contribution is -2.30. The summed E-state index contributed by atoms with van der Waals surface area (Å²) in [5.74, 6) is -0.000270. The monoisotopic (exact) mass is 418 g/mol. The number of nitrogens with one attached hydrogen (secondary N) is 1. The average molecular weight is 419 g/mol. The van der Waals surface area contributed by atoms with Crippen LogP contribution in [-0.4, -0.2) is 57.6 Å². The van der Waals surface area contributed by atoms with Crippen molar-refractivity contribution in [3.63, 3.8) is 0 Å². The Balaban J connectivity index is 1.83. The van der Waals surface area contributed by atoms with Gasteiger partial charge in [0.15, 0.2) is 6.61 Å². The molecule has 0 radical (unpaired) electrons. The van der Waals surface area contributed by atoms with Crippen LogP contribution < -0.4 is 10.1 Å². The molecule has 152 valence electrons. The quantitative estimate of drug-likeness (QED) is 0.590. The van der Waals surface area contributed by atoms with E-state index in [1.807, 2.05) is 13.8 Å². The van der Waals surface area contributed by atoms with Crippen LogP contribution in [0.25, 0.3) is 0 Å². The molecule has 1 fully saturated rings. The van der Waals surface area contributed by atoms with Crippen molar-refractivity contribution in [3.05, 3.63) is 23.2 Å². The average Bonchev–Trinajstić information content (AvgIpc) is 3.15. The number of benzene rings is 1. The van der Waals surface area contributed by atoms with E-state index in [0.717, 1.165) is 12.8 Å². The number of halogens is 1. The van der Waals surface area contributed by atoms with Crippen LogP contribution in [0.5, 0.6) is 5.75 Å². The van der Waals surface area contributed by atoms with Crippen LogP contribution in [0.4, 0.5) is 0 Å². The first-order valence-corrected chi connectivity index (χ1v) is 10.9. The molecule has 9 heteroatoms. The topological polar surface area (TPSA) is 84.9 Å². The maximum absolute atomic E-state index is 12.5. The Morgan fingerprint density at radius 3 is 2.63 bits per heavy atom. The first kappa shape index (κ1) is 21.9. The molecular formula is C18H27ClN2O5S. The molecule has 1 aliphatic heterocycles. The molecule has 7 nitrogen and oxygen atoms in total. The number of carbonyl (C=O) groups excluding carboxylic acids is 1. The Hall–Kier alpha value is -1.35. The smallest absolute Gasteiger partial charge is 0.257 e. The molecule has 1 N–H and O–H groups in total. The van der Waals surface area contributed by atoms with Crippen molar-refractivity contribution >= 4 is 27.5 Å². The molecule has 0 unspecified atom stereocenters. The zero-order chi connectivity index (χ0) is 19.9. The van der Waals surface area contributed by atoms with Gasteiger partial charge in [0.2, 0.25) is 10.0 Å². The van der Waals surface area contributed by atoms with Crippen molar-refractivity contribution in [1.82, 2.24) is 9.62 Å². The molecule has 1 amide bonds. The standard InChI is InChI=1S/C18H27ClN2O5S/c1-14(2)25-11-5-8-20-18(22)13-26-17-7-6-15(12-16(17)19)27(23,24)21-9-3-4-10-21/h6-7,12,14H,3-5,8-11,13H2,1-2H3,(H,20,22). The van der Waals surface area contributed by atoms with Gasteiger partial charge in [-0.3, -0.25) is 4.79 Å². The van der Waals surface area contributed by atoms with Crippen LogP contribution in [0.3, 0.4) is 0 Å². The van der Waals surface area contributed by atoms with Crippen molar-refractivity contribution in [2.75, 3.05) is 32.8 Å². The Labute approximate surface area is 166 Å². The van der Waals surface area contributed by atoms with Crippen molar-refractivity contribution < 1.29 is 22.7 Å². The van der Waals surface area contributed by atoms with Crippen LogP contribution >= 0.6 is 11.6 Å². The zero-order valence-electron chi connectivity index (χ0n) is 15.7. The fraction of sp³-hybridized carbons (Fsp3) is 0.611. The highest BCUT2D eigenvalue weighted by molar-refractivity contribution is 7.89. The minimum absolute atomic E-state index is 0.136. The molecule has 0 atom stereocenters. The van der Waals surface area contributed by atoms with Crippen molar-refractivity contribution in [2.45, 2.75) is 44.1 Å². The summed E-state index contributed by atoms with van der Waals surface area (Å²) in [7, 11) is -3.53. The Kier molecular flexibility index (Phi) is 8.34. The van der Waals surface area contributed by atoms with Gasteiger partial charge >= 0.3 is 0 Å². The Morgan fingerprint density at radius 1 is 1.30 bits per heavy atom. The number of hydrogen-bond donors (Lipinski definition) is 1. The van der Waals surface area contributed by atoms with Gasteiger partial charge in [-0.15, -0.1) is 0 Å². The van der Waals surface area contributed by atoms with Gasteiger partial charge in [0.1, 0.15) is 5.75 Å². The maximum atomic E-state index is 12.5. The molecular weight excluding hydrogens is 392 g/mol. The number of hydrogen-bond acceptors (Lipinski definition) is 5. The van der Waals surface area contributed by atoms with E-state index in [-0.39, 0.29) is 34.3 Å². The van der Waals surface area contributed by atoms with E-state index in [0.29, 0.717) is 32.7 Å². The van der Waals surface area contributed by atoms with Gasteiger partial charge in [0.05, 0.1) is 16.0 Å². The molecule has 1 aromatic carbocycles. The van der Waals surface area contributed by atoms with Crippen molar-refractivity contribution in [3.8, 4) is 5.75 Å². The van der Waals surface area contributed by atoms with E-state index in [1.165, 1.54) is 22.5 Å². The summed E-state index contributed by atoms with van der Waals surface area (Å²) in [5, 5.41) is 2.89. The fourth-order valence-electron chi connectivity index (χ4n) is 2.65. The third-order valence-electron chi connectivity index (χ3n) is 4.06. The summed E-state index contributed by atoms with van der Waals surface area (Å²) in [6.07, 6.45) is 2.62. The molecule has 1 heterocycles.